The number of piperazine rings is 1. The summed E-state index contributed by atoms with van der Waals surface area (Å²) in [5, 5.41) is 8.65. The summed E-state index contributed by atoms with van der Waals surface area (Å²) in [7, 11) is 0. The van der Waals surface area contributed by atoms with E-state index in [9.17, 15) is 0 Å². The highest BCUT2D eigenvalue weighted by atomic mass is 35.5. The van der Waals surface area contributed by atoms with E-state index in [4.69, 9.17) is 23.2 Å². The zero-order valence-electron chi connectivity index (χ0n) is 15.6. The third-order valence-corrected chi connectivity index (χ3v) is 6.35. The van der Waals surface area contributed by atoms with E-state index in [0.717, 1.165) is 58.5 Å². The molecule has 0 unspecified atom stereocenters. The van der Waals surface area contributed by atoms with Gasteiger partial charge in [-0.15, -0.1) is 0 Å². The highest BCUT2D eigenvalue weighted by Crippen LogP contribution is 2.34. The number of halogens is 2. The Labute approximate surface area is 172 Å². The molecule has 2 aliphatic rings. The standard InChI is InChI=1S/C22H27Cl2N3/c23-20-11-17(12-21(24)13-20)5-6-26-16-22(27-9-7-25-8-10-27)14-18-3-1-2-4-19(18)15-22/h1-4,11-13,25-26H,5-10,14-16H2. The normalized spacial score (nSPS) is 19.2. The molecule has 2 aromatic carbocycles. The highest BCUT2D eigenvalue weighted by molar-refractivity contribution is 6.34. The van der Waals surface area contributed by atoms with Crippen LogP contribution < -0.4 is 10.6 Å². The van der Waals surface area contributed by atoms with Gasteiger partial charge in [0.1, 0.15) is 0 Å². The van der Waals surface area contributed by atoms with Gasteiger partial charge in [0.15, 0.2) is 0 Å². The van der Waals surface area contributed by atoms with E-state index in [0.29, 0.717) is 10.0 Å². The van der Waals surface area contributed by atoms with Crippen LogP contribution in [0.15, 0.2) is 42.5 Å². The monoisotopic (exact) mass is 403 g/mol. The maximum absolute atomic E-state index is 6.12. The van der Waals surface area contributed by atoms with E-state index in [1.807, 2.05) is 12.1 Å². The molecule has 4 rings (SSSR count). The van der Waals surface area contributed by atoms with Crippen LogP contribution in [0.25, 0.3) is 0 Å². The smallest absolute Gasteiger partial charge is 0.0423 e. The van der Waals surface area contributed by atoms with Gasteiger partial charge in [-0.3, -0.25) is 4.90 Å². The first-order valence-electron chi connectivity index (χ1n) is 9.83. The summed E-state index contributed by atoms with van der Waals surface area (Å²) in [6, 6.07) is 14.7. The predicted molar refractivity (Wildman–Crippen MR) is 114 cm³/mol. The van der Waals surface area contributed by atoms with Crippen molar-refractivity contribution in [1.29, 1.82) is 0 Å². The molecule has 5 heteroatoms. The lowest BCUT2D eigenvalue weighted by atomic mass is 9.92. The number of fused-ring (bicyclic) bond motifs is 1. The fourth-order valence-corrected chi connectivity index (χ4v) is 5.15. The Morgan fingerprint density at radius 3 is 2.22 bits per heavy atom. The number of hydrogen-bond donors (Lipinski definition) is 2. The van der Waals surface area contributed by atoms with Crippen LogP contribution in [0.3, 0.4) is 0 Å². The van der Waals surface area contributed by atoms with Crippen LogP contribution in [0, 0.1) is 0 Å². The molecular formula is C22H27Cl2N3. The number of rotatable bonds is 6. The third kappa shape index (κ3) is 4.49. The summed E-state index contributed by atoms with van der Waals surface area (Å²) in [4.78, 5) is 2.70. The molecule has 0 spiro atoms. The molecule has 144 valence electrons. The first-order valence-corrected chi connectivity index (χ1v) is 10.6. The summed E-state index contributed by atoms with van der Waals surface area (Å²) in [6.45, 7) is 6.36. The molecule has 0 saturated carbocycles. The minimum absolute atomic E-state index is 0.192. The van der Waals surface area contributed by atoms with Crippen molar-refractivity contribution in [2.24, 2.45) is 0 Å². The maximum atomic E-state index is 6.12. The van der Waals surface area contributed by atoms with Gasteiger partial charge in [0.05, 0.1) is 0 Å². The largest absolute Gasteiger partial charge is 0.315 e. The molecule has 0 bridgehead atoms. The summed E-state index contributed by atoms with van der Waals surface area (Å²) in [5.74, 6) is 0. The molecule has 0 radical (unpaired) electrons. The zero-order valence-corrected chi connectivity index (χ0v) is 17.1. The van der Waals surface area contributed by atoms with Crippen molar-refractivity contribution in [3.63, 3.8) is 0 Å². The molecule has 0 atom stereocenters. The quantitative estimate of drug-likeness (QED) is 0.721. The lowest BCUT2D eigenvalue weighted by Crippen LogP contribution is -2.61. The number of nitrogens with one attached hydrogen (secondary N) is 2. The van der Waals surface area contributed by atoms with E-state index in [1.165, 1.54) is 16.7 Å². The van der Waals surface area contributed by atoms with Gasteiger partial charge in [0.2, 0.25) is 0 Å². The molecule has 2 N–H and O–H groups in total. The number of benzene rings is 2. The van der Waals surface area contributed by atoms with Crippen molar-refractivity contribution in [3.05, 3.63) is 69.2 Å². The average molecular weight is 404 g/mol. The maximum Gasteiger partial charge on any atom is 0.0423 e. The Kier molecular flexibility index (Phi) is 6.05. The molecule has 1 aliphatic heterocycles. The number of hydrogen-bond acceptors (Lipinski definition) is 3. The van der Waals surface area contributed by atoms with Crippen molar-refractivity contribution in [2.45, 2.75) is 24.8 Å². The first kappa shape index (κ1) is 19.2. The molecular weight excluding hydrogens is 377 g/mol. The van der Waals surface area contributed by atoms with Crippen molar-refractivity contribution in [3.8, 4) is 0 Å². The fourth-order valence-electron chi connectivity index (χ4n) is 4.58. The second-order valence-corrected chi connectivity index (χ2v) is 8.66. The first-order chi connectivity index (χ1) is 13.1. The predicted octanol–water partition coefficient (Wildman–Crippen LogP) is 3.57. The van der Waals surface area contributed by atoms with Crippen molar-refractivity contribution < 1.29 is 0 Å². The van der Waals surface area contributed by atoms with E-state index >= 15 is 0 Å². The van der Waals surface area contributed by atoms with Gasteiger partial charge < -0.3 is 10.6 Å². The van der Waals surface area contributed by atoms with Crippen molar-refractivity contribution in [1.82, 2.24) is 15.5 Å². The molecule has 2 aromatic rings. The second-order valence-electron chi connectivity index (χ2n) is 7.79. The van der Waals surface area contributed by atoms with E-state index < -0.39 is 0 Å². The Balaban J connectivity index is 1.41. The fraction of sp³-hybridized carbons (Fsp3) is 0.455. The van der Waals surface area contributed by atoms with Crippen molar-refractivity contribution in [2.75, 3.05) is 39.3 Å². The van der Waals surface area contributed by atoms with Crippen LogP contribution in [0.5, 0.6) is 0 Å². The minimum Gasteiger partial charge on any atom is -0.315 e. The van der Waals surface area contributed by atoms with Gasteiger partial charge in [0, 0.05) is 48.3 Å². The van der Waals surface area contributed by atoms with Crippen LogP contribution in [-0.2, 0) is 19.3 Å². The summed E-state index contributed by atoms with van der Waals surface area (Å²) >= 11 is 12.2. The highest BCUT2D eigenvalue weighted by Gasteiger charge is 2.41. The summed E-state index contributed by atoms with van der Waals surface area (Å²) < 4.78 is 0. The molecule has 0 amide bonds. The number of nitrogens with zero attached hydrogens (tertiary/aromatic N) is 1. The van der Waals surface area contributed by atoms with Crippen molar-refractivity contribution >= 4 is 23.2 Å². The molecule has 1 saturated heterocycles. The molecule has 3 nitrogen and oxygen atoms in total. The Morgan fingerprint density at radius 2 is 1.59 bits per heavy atom. The Hall–Kier alpha value is -1.10. The van der Waals surface area contributed by atoms with Gasteiger partial charge in [-0.05, 0) is 60.7 Å². The lowest BCUT2D eigenvalue weighted by molar-refractivity contribution is 0.0799. The van der Waals surface area contributed by atoms with Crippen LogP contribution >= 0.6 is 23.2 Å². The van der Waals surface area contributed by atoms with E-state index in [2.05, 4.69) is 39.8 Å². The second kappa shape index (κ2) is 8.50. The Morgan fingerprint density at radius 1 is 0.963 bits per heavy atom. The van der Waals surface area contributed by atoms with Gasteiger partial charge in [-0.1, -0.05) is 47.5 Å². The lowest BCUT2D eigenvalue weighted by Gasteiger charge is -2.44. The average Bonchev–Trinajstić information content (AvgIpc) is 3.05. The molecule has 0 aromatic heterocycles. The Bertz CT molecular complexity index is 742. The molecule has 1 aliphatic carbocycles. The van der Waals surface area contributed by atoms with Crippen LogP contribution in [-0.4, -0.2) is 49.7 Å². The summed E-state index contributed by atoms with van der Waals surface area (Å²) in [5.41, 5.74) is 4.41. The molecule has 1 fully saturated rings. The van der Waals surface area contributed by atoms with Gasteiger partial charge >= 0.3 is 0 Å². The molecule has 27 heavy (non-hydrogen) atoms. The van der Waals surface area contributed by atoms with Crippen LogP contribution in [0.1, 0.15) is 16.7 Å². The van der Waals surface area contributed by atoms with Crippen LogP contribution in [0.4, 0.5) is 0 Å². The molecule has 1 heterocycles. The topological polar surface area (TPSA) is 27.3 Å². The third-order valence-electron chi connectivity index (χ3n) is 5.91. The summed E-state index contributed by atoms with van der Waals surface area (Å²) in [6.07, 6.45) is 3.21. The van der Waals surface area contributed by atoms with Gasteiger partial charge in [-0.25, -0.2) is 0 Å². The van der Waals surface area contributed by atoms with Gasteiger partial charge in [0.25, 0.3) is 0 Å². The van der Waals surface area contributed by atoms with Crippen LogP contribution in [0.2, 0.25) is 10.0 Å². The zero-order chi connectivity index (χ0) is 18.7. The van der Waals surface area contributed by atoms with E-state index in [1.54, 1.807) is 6.07 Å². The SMILES string of the molecule is Clc1cc(Cl)cc(CCNCC2(N3CCNCC3)Cc3ccccc3C2)c1. The van der Waals surface area contributed by atoms with E-state index in [-0.39, 0.29) is 5.54 Å². The van der Waals surface area contributed by atoms with Gasteiger partial charge in [-0.2, -0.15) is 0 Å². The minimum atomic E-state index is 0.192.